The zero-order chi connectivity index (χ0) is 13.2. The quantitative estimate of drug-likeness (QED) is 0.838. The van der Waals surface area contributed by atoms with Crippen molar-refractivity contribution in [2.75, 3.05) is 12.3 Å². The highest BCUT2D eigenvalue weighted by Crippen LogP contribution is 2.48. The molecule has 0 aromatic carbocycles. The summed E-state index contributed by atoms with van der Waals surface area (Å²) in [5.41, 5.74) is 7.40. The average molecular weight is 247 g/mol. The Morgan fingerprint density at radius 2 is 2.22 bits per heavy atom. The summed E-state index contributed by atoms with van der Waals surface area (Å²) in [6.07, 6.45) is 4.85. The number of hydrogen-bond acceptors (Lipinski definition) is 3. The fourth-order valence-corrected chi connectivity index (χ4v) is 2.42. The van der Waals surface area contributed by atoms with Crippen LogP contribution in [0.25, 0.3) is 0 Å². The van der Waals surface area contributed by atoms with Gasteiger partial charge in [0, 0.05) is 17.8 Å². The van der Waals surface area contributed by atoms with Crippen molar-refractivity contribution in [1.29, 1.82) is 0 Å². The predicted molar refractivity (Wildman–Crippen MR) is 72.3 cm³/mol. The number of aromatic nitrogens is 1. The van der Waals surface area contributed by atoms with Crippen LogP contribution in [-0.2, 0) is 0 Å². The molecule has 3 N–H and O–H groups in total. The number of nitrogens with two attached hydrogens (primary N) is 1. The van der Waals surface area contributed by atoms with Crippen molar-refractivity contribution in [2.24, 2.45) is 5.41 Å². The van der Waals surface area contributed by atoms with E-state index in [9.17, 15) is 4.79 Å². The standard InChI is InChI=1S/C14H21N3O/c1-3-4-14(5-6-14)9-16-13(18)11-7-10(2)17-12(15)8-11/h7-8H,3-6,9H2,1-2H3,(H2,15,17)(H,16,18). The van der Waals surface area contributed by atoms with Crippen LogP contribution in [0, 0.1) is 12.3 Å². The maximum atomic E-state index is 12.0. The summed E-state index contributed by atoms with van der Waals surface area (Å²) < 4.78 is 0. The summed E-state index contributed by atoms with van der Waals surface area (Å²) in [5.74, 6) is 0.351. The van der Waals surface area contributed by atoms with Crippen molar-refractivity contribution in [3.63, 3.8) is 0 Å². The second-order valence-corrected chi connectivity index (χ2v) is 5.35. The van der Waals surface area contributed by atoms with E-state index in [0.717, 1.165) is 12.2 Å². The number of carbonyl (C=O) groups is 1. The van der Waals surface area contributed by atoms with Crippen molar-refractivity contribution >= 4 is 11.7 Å². The molecule has 1 saturated carbocycles. The molecule has 1 amide bonds. The Labute approximate surface area is 108 Å². The third kappa shape index (κ3) is 3.00. The smallest absolute Gasteiger partial charge is 0.251 e. The Morgan fingerprint density at radius 3 is 2.78 bits per heavy atom. The highest BCUT2D eigenvalue weighted by Gasteiger charge is 2.41. The van der Waals surface area contributed by atoms with Crippen LogP contribution in [0.5, 0.6) is 0 Å². The Hall–Kier alpha value is -1.58. The number of carbonyl (C=O) groups excluding carboxylic acids is 1. The monoisotopic (exact) mass is 247 g/mol. The second-order valence-electron chi connectivity index (χ2n) is 5.35. The van der Waals surface area contributed by atoms with Gasteiger partial charge in [-0.05, 0) is 43.7 Å². The van der Waals surface area contributed by atoms with Crippen LogP contribution in [0.2, 0.25) is 0 Å². The molecule has 4 heteroatoms. The van der Waals surface area contributed by atoms with Gasteiger partial charge in [-0.2, -0.15) is 0 Å². The molecule has 0 bridgehead atoms. The SMILES string of the molecule is CCCC1(CNC(=O)c2cc(C)nc(N)c2)CC1. The van der Waals surface area contributed by atoms with Crippen LogP contribution in [0.1, 0.15) is 48.7 Å². The van der Waals surface area contributed by atoms with Crippen LogP contribution in [-0.4, -0.2) is 17.4 Å². The molecule has 0 atom stereocenters. The third-order valence-electron chi connectivity index (χ3n) is 3.60. The van der Waals surface area contributed by atoms with Crippen LogP contribution in [0.3, 0.4) is 0 Å². The van der Waals surface area contributed by atoms with E-state index in [1.807, 2.05) is 6.92 Å². The van der Waals surface area contributed by atoms with E-state index in [2.05, 4.69) is 17.2 Å². The number of nitrogens with one attached hydrogen (secondary N) is 1. The van der Waals surface area contributed by atoms with Crippen molar-refractivity contribution in [3.8, 4) is 0 Å². The lowest BCUT2D eigenvalue weighted by Gasteiger charge is -2.15. The summed E-state index contributed by atoms with van der Waals surface area (Å²) in [5, 5.41) is 3.02. The molecule has 1 heterocycles. The number of nitrogen functional groups attached to an aromatic ring is 1. The molecular weight excluding hydrogens is 226 g/mol. The molecule has 18 heavy (non-hydrogen) atoms. The van der Waals surface area contributed by atoms with Gasteiger partial charge in [0.1, 0.15) is 5.82 Å². The van der Waals surface area contributed by atoms with Crippen molar-refractivity contribution in [3.05, 3.63) is 23.4 Å². The summed E-state index contributed by atoms with van der Waals surface area (Å²) in [4.78, 5) is 16.1. The molecule has 2 rings (SSSR count). The molecule has 0 saturated heterocycles. The normalized spacial score (nSPS) is 16.3. The van der Waals surface area contributed by atoms with Gasteiger partial charge in [0.25, 0.3) is 5.91 Å². The predicted octanol–water partition coefficient (Wildman–Crippen LogP) is 2.28. The van der Waals surface area contributed by atoms with Crippen molar-refractivity contribution < 1.29 is 4.79 Å². The van der Waals surface area contributed by atoms with Crippen LogP contribution >= 0.6 is 0 Å². The summed E-state index contributed by atoms with van der Waals surface area (Å²) in [6, 6.07) is 3.40. The van der Waals surface area contributed by atoms with Crippen LogP contribution in [0.15, 0.2) is 12.1 Å². The van der Waals surface area contributed by atoms with Crippen molar-refractivity contribution in [1.82, 2.24) is 10.3 Å². The second kappa shape index (κ2) is 4.96. The Bertz CT molecular complexity index is 432. The van der Waals surface area contributed by atoms with Gasteiger partial charge in [0.05, 0.1) is 0 Å². The molecule has 0 spiro atoms. The van der Waals surface area contributed by atoms with Gasteiger partial charge in [0.15, 0.2) is 0 Å². The first-order valence-corrected chi connectivity index (χ1v) is 6.57. The maximum absolute atomic E-state index is 12.0. The van der Waals surface area contributed by atoms with Gasteiger partial charge < -0.3 is 11.1 Å². The van der Waals surface area contributed by atoms with Gasteiger partial charge in [-0.15, -0.1) is 0 Å². The minimum absolute atomic E-state index is 0.0467. The van der Waals surface area contributed by atoms with Crippen LogP contribution < -0.4 is 11.1 Å². The minimum Gasteiger partial charge on any atom is -0.384 e. The van der Waals surface area contributed by atoms with E-state index >= 15 is 0 Å². The molecule has 98 valence electrons. The number of pyridine rings is 1. The first-order chi connectivity index (χ1) is 8.54. The first-order valence-electron chi connectivity index (χ1n) is 6.57. The lowest BCUT2D eigenvalue weighted by Crippen LogP contribution is -2.30. The Balaban J connectivity index is 1.95. The Kier molecular flexibility index (Phi) is 3.55. The lowest BCUT2D eigenvalue weighted by molar-refractivity contribution is 0.0943. The highest BCUT2D eigenvalue weighted by molar-refractivity contribution is 5.94. The fraction of sp³-hybridized carbons (Fsp3) is 0.571. The molecule has 1 aromatic heterocycles. The van der Waals surface area contributed by atoms with Gasteiger partial charge in [-0.25, -0.2) is 4.98 Å². The molecule has 1 aromatic rings. The number of aryl methyl sites for hydroxylation is 1. The summed E-state index contributed by atoms with van der Waals surface area (Å²) >= 11 is 0. The first kappa shape index (κ1) is 12.9. The highest BCUT2D eigenvalue weighted by atomic mass is 16.1. The van der Waals surface area contributed by atoms with Gasteiger partial charge in [-0.1, -0.05) is 13.3 Å². The molecule has 0 aliphatic heterocycles. The zero-order valence-electron chi connectivity index (χ0n) is 11.1. The van der Waals surface area contributed by atoms with E-state index in [1.54, 1.807) is 12.1 Å². The van der Waals surface area contributed by atoms with Gasteiger partial charge >= 0.3 is 0 Å². The number of rotatable bonds is 5. The fourth-order valence-electron chi connectivity index (χ4n) is 2.42. The van der Waals surface area contributed by atoms with Crippen molar-refractivity contribution in [2.45, 2.75) is 39.5 Å². The van der Waals surface area contributed by atoms with E-state index in [1.165, 1.54) is 25.7 Å². The minimum atomic E-state index is -0.0467. The summed E-state index contributed by atoms with van der Waals surface area (Å²) in [7, 11) is 0. The molecule has 1 aliphatic rings. The Morgan fingerprint density at radius 1 is 1.50 bits per heavy atom. The number of amides is 1. The number of anilines is 1. The van der Waals surface area contributed by atoms with E-state index in [0.29, 0.717) is 16.8 Å². The van der Waals surface area contributed by atoms with Gasteiger partial charge in [0.2, 0.25) is 0 Å². The van der Waals surface area contributed by atoms with E-state index in [-0.39, 0.29) is 5.91 Å². The molecular formula is C14H21N3O. The zero-order valence-corrected chi connectivity index (χ0v) is 11.1. The van der Waals surface area contributed by atoms with E-state index < -0.39 is 0 Å². The number of hydrogen-bond donors (Lipinski definition) is 2. The number of nitrogens with zero attached hydrogens (tertiary/aromatic N) is 1. The molecule has 1 fully saturated rings. The summed E-state index contributed by atoms with van der Waals surface area (Å²) in [6.45, 7) is 4.81. The van der Waals surface area contributed by atoms with Crippen LogP contribution in [0.4, 0.5) is 5.82 Å². The molecule has 0 radical (unpaired) electrons. The maximum Gasteiger partial charge on any atom is 0.251 e. The van der Waals surface area contributed by atoms with Gasteiger partial charge in [-0.3, -0.25) is 4.79 Å². The average Bonchev–Trinajstić information content (AvgIpc) is 3.06. The molecule has 0 unspecified atom stereocenters. The lowest BCUT2D eigenvalue weighted by atomic mass is 10.0. The van der Waals surface area contributed by atoms with E-state index in [4.69, 9.17) is 5.73 Å². The third-order valence-corrected chi connectivity index (χ3v) is 3.60. The molecule has 1 aliphatic carbocycles. The largest absolute Gasteiger partial charge is 0.384 e. The molecule has 4 nitrogen and oxygen atoms in total. The topological polar surface area (TPSA) is 68.0 Å².